The van der Waals surface area contributed by atoms with Crippen LogP contribution in [0.3, 0.4) is 0 Å². The quantitative estimate of drug-likeness (QED) is 0.588. The Labute approximate surface area is 173 Å². The molecule has 0 unspecified atom stereocenters. The molecular weight excluding hydrogens is 384 g/mol. The van der Waals surface area contributed by atoms with Crippen LogP contribution in [0.2, 0.25) is 0 Å². The zero-order chi connectivity index (χ0) is 20.0. The highest BCUT2D eigenvalue weighted by Crippen LogP contribution is 2.32. The van der Waals surface area contributed by atoms with E-state index in [0.29, 0.717) is 21.9 Å². The van der Waals surface area contributed by atoms with E-state index in [2.05, 4.69) is 4.90 Å². The highest BCUT2D eigenvalue weighted by Gasteiger charge is 2.29. The highest BCUT2D eigenvalue weighted by atomic mass is 32.1. The summed E-state index contributed by atoms with van der Waals surface area (Å²) < 4.78 is 6.32. The van der Waals surface area contributed by atoms with Gasteiger partial charge in [-0.1, -0.05) is 18.1 Å². The molecule has 1 aromatic carbocycles. The van der Waals surface area contributed by atoms with Crippen LogP contribution in [-0.2, 0) is 0 Å². The van der Waals surface area contributed by atoms with Crippen molar-refractivity contribution in [1.29, 1.82) is 0 Å². The summed E-state index contributed by atoms with van der Waals surface area (Å²) in [6.45, 7) is 6.02. The number of nitrogens with zero attached hydrogens (tertiary/aromatic N) is 2. The van der Waals surface area contributed by atoms with Crippen molar-refractivity contribution in [3.8, 4) is 0 Å². The van der Waals surface area contributed by atoms with Crippen molar-refractivity contribution in [3.63, 3.8) is 0 Å². The van der Waals surface area contributed by atoms with Gasteiger partial charge in [-0.2, -0.15) is 0 Å². The van der Waals surface area contributed by atoms with Gasteiger partial charge in [-0.3, -0.25) is 4.79 Å². The molecule has 3 aromatic rings. The maximum absolute atomic E-state index is 13.2. The molecule has 0 atom stereocenters. The Balaban J connectivity index is 1.39. The smallest absolute Gasteiger partial charge is 0.345 e. The van der Waals surface area contributed by atoms with Gasteiger partial charge in [0.25, 0.3) is 5.91 Å². The zero-order valence-corrected chi connectivity index (χ0v) is 17.6. The molecule has 0 aliphatic carbocycles. The van der Waals surface area contributed by atoms with Crippen LogP contribution in [0.25, 0.3) is 21.1 Å². The van der Waals surface area contributed by atoms with E-state index in [4.69, 9.17) is 4.42 Å². The number of hydrogen-bond acceptors (Lipinski definition) is 5. The molecule has 0 saturated carbocycles. The third-order valence-electron chi connectivity index (χ3n) is 6.40. The van der Waals surface area contributed by atoms with Crippen LogP contribution >= 0.6 is 11.3 Å². The molecule has 4 heterocycles. The Bertz CT molecular complexity index is 1120. The molecule has 5 rings (SSSR count). The largest absolute Gasteiger partial charge is 0.422 e. The normalized spacial score (nSPS) is 19.3. The number of thiophene rings is 1. The molecule has 29 heavy (non-hydrogen) atoms. The van der Waals surface area contributed by atoms with Crippen molar-refractivity contribution >= 4 is 38.3 Å². The third-order valence-corrected chi connectivity index (χ3v) is 7.56. The molecular formula is C23H26N2O3S. The van der Waals surface area contributed by atoms with E-state index >= 15 is 0 Å². The van der Waals surface area contributed by atoms with Gasteiger partial charge in [0.05, 0.1) is 15.0 Å². The fourth-order valence-electron chi connectivity index (χ4n) is 4.79. The molecule has 2 aliphatic heterocycles. The van der Waals surface area contributed by atoms with E-state index in [1.54, 1.807) is 6.07 Å². The van der Waals surface area contributed by atoms with E-state index in [1.807, 2.05) is 30.0 Å². The number of amides is 1. The van der Waals surface area contributed by atoms with Crippen molar-refractivity contribution < 1.29 is 9.21 Å². The van der Waals surface area contributed by atoms with Gasteiger partial charge in [-0.25, -0.2) is 4.79 Å². The number of benzene rings is 1. The molecule has 5 nitrogen and oxygen atoms in total. The minimum atomic E-state index is -0.365. The Kier molecular flexibility index (Phi) is 4.92. The Hall–Kier alpha value is -2.18. The topological polar surface area (TPSA) is 53.8 Å². The van der Waals surface area contributed by atoms with Gasteiger partial charge in [0, 0.05) is 24.5 Å². The molecule has 152 valence electrons. The van der Waals surface area contributed by atoms with E-state index < -0.39 is 0 Å². The lowest BCUT2D eigenvalue weighted by Crippen LogP contribution is -2.48. The number of carbonyl (C=O) groups excluding carboxylic acids is 1. The molecule has 2 fully saturated rings. The summed E-state index contributed by atoms with van der Waals surface area (Å²) in [4.78, 5) is 30.8. The summed E-state index contributed by atoms with van der Waals surface area (Å²) >= 11 is 1.42. The van der Waals surface area contributed by atoms with E-state index in [1.165, 1.54) is 43.7 Å². The summed E-state index contributed by atoms with van der Waals surface area (Å²) in [7, 11) is 0. The summed E-state index contributed by atoms with van der Waals surface area (Å²) in [5.74, 6) is 0.0449. The fourth-order valence-corrected chi connectivity index (χ4v) is 5.92. The van der Waals surface area contributed by atoms with Crippen molar-refractivity contribution in [1.82, 2.24) is 9.80 Å². The predicted molar refractivity (Wildman–Crippen MR) is 117 cm³/mol. The SMILES string of the molecule is Cc1ccc2oc(=O)c3cc(C(=O)N4CCC(N5CCCCC5)CC4)sc3c2c1. The second kappa shape index (κ2) is 7.58. The number of piperidine rings is 2. The molecule has 0 spiro atoms. The first-order valence-electron chi connectivity index (χ1n) is 10.6. The Morgan fingerprint density at radius 2 is 1.79 bits per heavy atom. The number of aryl methyl sites for hydroxylation is 1. The van der Waals surface area contributed by atoms with Crippen LogP contribution in [0, 0.1) is 6.92 Å². The second-order valence-corrected chi connectivity index (χ2v) is 9.41. The second-order valence-electron chi connectivity index (χ2n) is 8.36. The molecule has 2 aromatic heterocycles. The van der Waals surface area contributed by atoms with Crippen LogP contribution < -0.4 is 5.63 Å². The predicted octanol–water partition coefficient (Wildman–Crippen LogP) is 4.41. The lowest BCUT2D eigenvalue weighted by atomic mass is 10.00. The molecule has 0 bridgehead atoms. The van der Waals surface area contributed by atoms with E-state index in [0.717, 1.165) is 41.6 Å². The number of carbonyl (C=O) groups is 1. The molecule has 2 saturated heterocycles. The van der Waals surface area contributed by atoms with E-state index in [9.17, 15) is 9.59 Å². The number of hydrogen-bond donors (Lipinski definition) is 0. The minimum absolute atomic E-state index is 0.0449. The first kappa shape index (κ1) is 18.8. The van der Waals surface area contributed by atoms with Crippen molar-refractivity contribution in [2.75, 3.05) is 26.2 Å². The summed E-state index contributed by atoms with van der Waals surface area (Å²) in [6, 6.07) is 8.13. The number of rotatable bonds is 2. The molecule has 0 radical (unpaired) electrons. The van der Waals surface area contributed by atoms with Crippen molar-refractivity contribution in [2.24, 2.45) is 0 Å². The monoisotopic (exact) mass is 410 g/mol. The van der Waals surface area contributed by atoms with Gasteiger partial charge in [-0.05, 0) is 63.9 Å². The summed E-state index contributed by atoms with van der Waals surface area (Å²) in [5, 5.41) is 1.42. The van der Waals surface area contributed by atoms with Gasteiger partial charge in [0.2, 0.25) is 0 Å². The maximum atomic E-state index is 13.2. The van der Waals surface area contributed by atoms with Crippen LogP contribution in [0.15, 0.2) is 33.5 Å². The maximum Gasteiger partial charge on any atom is 0.345 e. The van der Waals surface area contributed by atoms with Gasteiger partial charge in [0.1, 0.15) is 5.58 Å². The fraction of sp³-hybridized carbons (Fsp3) is 0.478. The first-order valence-corrected chi connectivity index (χ1v) is 11.4. The molecule has 1 amide bonds. The van der Waals surface area contributed by atoms with Gasteiger partial charge < -0.3 is 14.2 Å². The third kappa shape index (κ3) is 3.49. The number of likely N-dealkylation sites (tertiary alicyclic amines) is 2. The van der Waals surface area contributed by atoms with Gasteiger partial charge >= 0.3 is 5.63 Å². The Morgan fingerprint density at radius 3 is 2.55 bits per heavy atom. The lowest BCUT2D eigenvalue weighted by molar-refractivity contribution is 0.0594. The van der Waals surface area contributed by atoms with Crippen LogP contribution in [-0.4, -0.2) is 47.9 Å². The standard InChI is InChI=1S/C23H26N2O3S/c1-15-5-6-19-17(13-15)21-18(23(27)28-19)14-20(29-21)22(26)25-11-7-16(8-12-25)24-9-3-2-4-10-24/h5-6,13-14,16H,2-4,7-12H2,1H3. The van der Waals surface area contributed by atoms with Crippen molar-refractivity contribution in [2.45, 2.75) is 45.1 Å². The lowest BCUT2D eigenvalue weighted by Gasteiger charge is -2.40. The van der Waals surface area contributed by atoms with E-state index in [-0.39, 0.29) is 11.5 Å². The molecule has 0 N–H and O–H groups in total. The highest BCUT2D eigenvalue weighted by molar-refractivity contribution is 7.21. The van der Waals surface area contributed by atoms with Crippen LogP contribution in [0.5, 0.6) is 0 Å². The Morgan fingerprint density at radius 1 is 1.03 bits per heavy atom. The van der Waals surface area contributed by atoms with Crippen LogP contribution in [0.4, 0.5) is 0 Å². The van der Waals surface area contributed by atoms with Crippen LogP contribution in [0.1, 0.15) is 47.3 Å². The average Bonchev–Trinajstić information content (AvgIpc) is 3.21. The average molecular weight is 411 g/mol. The first-order chi connectivity index (χ1) is 14.1. The zero-order valence-electron chi connectivity index (χ0n) is 16.8. The number of fused-ring (bicyclic) bond motifs is 3. The van der Waals surface area contributed by atoms with Crippen molar-refractivity contribution in [3.05, 3.63) is 45.1 Å². The minimum Gasteiger partial charge on any atom is -0.422 e. The molecule has 2 aliphatic rings. The molecule has 6 heteroatoms. The van der Waals surface area contributed by atoms with Gasteiger partial charge in [0.15, 0.2) is 0 Å². The van der Waals surface area contributed by atoms with Gasteiger partial charge in [-0.15, -0.1) is 11.3 Å². The summed E-state index contributed by atoms with van der Waals surface area (Å²) in [5.41, 5.74) is 1.32. The summed E-state index contributed by atoms with van der Waals surface area (Å²) in [6.07, 6.45) is 6.04.